The van der Waals surface area contributed by atoms with Crippen LogP contribution in [-0.2, 0) is 16.0 Å². The first-order valence-electron chi connectivity index (χ1n) is 8.64. The molecule has 2 N–H and O–H groups in total. The monoisotopic (exact) mass is 429 g/mol. The first kappa shape index (κ1) is 19.1. The first-order chi connectivity index (χ1) is 12.9. The third-order valence-electron chi connectivity index (χ3n) is 4.44. The van der Waals surface area contributed by atoms with Gasteiger partial charge in [0.2, 0.25) is 5.91 Å². The van der Waals surface area contributed by atoms with E-state index < -0.39 is 12.1 Å². The third kappa shape index (κ3) is 4.74. The number of hydrogen-bond donors (Lipinski definition) is 2. The number of carbonyl (C=O) groups excluding carboxylic acids is 3. The van der Waals surface area contributed by atoms with E-state index in [4.69, 9.17) is 0 Å². The van der Waals surface area contributed by atoms with E-state index in [0.717, 1.165) is 20.5 Å². The van der Waals surface area contributed by atoms with Crippen molar-refractivity contribution >= 4 is 33.8 Å². The molecular weight excluding hydrogens is 410 g/mol. The minimum Gasteiger partial charge on any atom is -0.348 e. The van der Waals surface area contributed by atoms with Crippen molar-refractivity contribution in [1.29, 1.82) is 0 Å². The van der Waals surface area contributed by atoms with Crippen LogP contribution in [0.4, 0.5) is 4.79 Å². The van der Waals surface area contributed by atoms with Crippen LogP contribution in [0.3, 0.4) is 0 Å². The van der Waals surface area contributed by atoms with E-state index in [1.807, 2.05) is 61.5 Å². The molecule has 140 valence electrons. The number of halogens is 1. The number of rotatable bonds is 6. The Kier molecular flexibility index (Phi) is 5.91. The molecule has 2 aromatic rings. The Bertz CT molecular complexity index is 839. The topological polar surface area (TPSA) is 78.5 Å². The molecule has 0 bridgehead atoms. The Balaban J connectivity index is 1.58. The number of nitrogens with one attached hydrogen (secondary N) is 2. The summed E-state index contributed by atoms with van der Waals surface area (Å²) in [5.41, 5.74) is 1.89. The summed E-state index contributed by atoms with van der Waals surface area (Å²) < 4.78 is 0.952. The predicted molar refractivity (Wildman–Crippen MR) is 105 cm³/mol. The highest BCUT2D eigenvalue weighted by molar-refractivity contribution is 9.10. The number of urea groups is 1. The third-order valence-corrected chi connectivity index (χ3v) is 4.97. The molecule has 1 aliphatic heterocycles. The van der Waals surface area contributed by atoms with Gasteiger partial charge in [0.1, 0.15) is 12.6 Å². The van der Waals surface area contributed by atoms with Gasteiger partial charge in [0.25, 0.3) is 5.91 Å². The largest absolute Gasteiger partial charge is 0.348 e. The van der Waals surface area contributed by atoms with E-state index >= 15 is 0 Å². The van der Waals surface area contributed by atoms with E-state index in [1.54, 1.807) is 0 Å². The van der Waals surface area contributed by atoms with Crippen molar-refractivity contribution in [1.82, 2.24) is 15.5 Å². The molecule has 3 rings (SSSR count). The molecule has 0 saturated carbocycles. The second kappa shape index (κ2) is 8.35. The summed E-state index contributed by atoms with van der Waals surface area (Å²) >= 11 is 3.37. The normalized spacial score (nSPS) is 17.6. The van der Waals surface area contributed by atoms with Crippen molar-refractivity contribution in [2.45, 2.75) is 25.4 Å². The van der Waals surface area contributed by atoms with Crippen LogP contribution in [-0.4, -0.2) is 35.3 Å². The van der Waals surface area contributed by atoms with Gasteiger partial charge in [0, 0.05) is 10.9 Å². The van der Waals surface area contributed by atoms with Crippen LogP contribution < -0.4 is 10.6 Å². The minimum absolute atomic E-state index is 0.230. The van der Waals surface area contributed by atoms with Crippen LogP contribution >= 0.6 is 15.9 Å². The Labute approximate surface area is 166 Å². The lowest BCUT2D eigenvalue weighted by molar-refractivity contribution is -0.132. The molecule has 1 heterocycles. The lowest BCUT2D eigenvalue weighted by Crippen LogP contribution is -2.42. The van der Waals surface area contributed by atoms with E-state index in [-0.39, 0.29) is 24.4 Å². The summed E-state index contributed by atoms with van der Waals surface area (Å²) in [6.07, 6.45) is 0.402. The van der Waals surface area contributed by atoms with Gasteiger partial charge in [-0.2, -0.15) is 0 Å². The summed E-state index contributed by atoms with van der Waals surface area (Å²) in [5, 5.41) is 5.47. The molecular formula is C20H20BrN3O3. The van der Waals surface area contributed by atoms with Crippen molar-refractivity contribution in [3.8, 4) is 0 Å². The predicted octanol–water partition coefficient (Wildman–Crippen LogP) is 2.79. The van der Waals surface area contributed by atoms with Crippen LogP contribution in [0, 0.1) is 0 Å². The number of imide groups is 1. The van der Waals surface area contributed by atoms with Crippen molar-refractivity contribution in [2.24, 2.45) is 0 Å². The van der Waals surface area contributed by atoms with Gasteiger partial charge >= 0.3 is 6.03 Å². The van der Waals surface area contributed by atoms with Crippen LogP contribution in [0.15, 0.2) is 59.1 Å². The van der Waals surface area contributed by atoms with Gasteiger partial charge in [-0.1, -0.05) is 58.4 Å². The zero-order valence-electron chi connectivity index (χ0n) is 14.8. The van der Waals surface area contributed by atoms with Gasteiger partial charge < -0.3 is 10.6 Å². The fourth-order valence-corrected chi connectivity index (χ4v) is 3.24. The number of nitrogens with zero attached hydrogens (tertiary/aromatic N) is 1. The highest BCUT2D eigenvalue weighted by atomic mass is 79.9. The van der Waals surface area contributed by atoms with Crippen molar-refractivity contribution in [2.75, 3.05) is 6.54 Å². The zero-order valence-corrected chi connectivity index (χ0v) is 16.4. The van der Waals surface area contributed by atoms with E-state index in [9.17, 15) is 14.4 Å². The Morgan fingerprint density at radius 2 is 1.81 bits per heavy atom. The number of amides is 4. The highest BCUT2D eigenvalue weighted by Gasteiger charge is 2.38. The van der Waals surface area contributed by atoms with Crippen LogP contribution in [0.25, 0.3) is 0 Å². The number of benzene rings is 2. The fraction of sp³-hybridized carbons (Fsp3) is 0.250. The van der Waals surface area contributed by atoms with Gasteiger partial charge in [-0.25, -0.2) is 4.79 Å². The van der Waals surface area contributed by atoms with Crippen molar-refractivity contribution in [3.63, 3.8) is 0 Å². The molecule has 0 radical (unpaired) electrons. The SMILES string of the molecule is CC(NC(=O)CN1C(=O)NC(Cc2ccccc2)C1=O)c1ccc(Br)cc1. The highest BCUT2D eigenvalue weighted by Crippen LogP contribution is 2.17. The number of carbonyl (C=O) groups is 3. The summed E-state index contributed by atoms with van der Waals surface area (Å²) in [5.74, 6) is -0.760. The van der Waals surface area contributed by atoms with E-state index in [1.165, 1.54) is 0 Å². The standard InChI is InChI=1S/C20H20BrN3O3/c1-13(15-7-9-16(21)10-8-15)22-18(25)12-24-19(26)17(23-20(24)27)11-14-5-3-2-4-6-14/h2-10,13,17H,11-12H2,1H3,(H,22,25)(H,23,27). The van der Waals surface area contributed by atoms with Gasteiger partial charge in [0.05, 0.1) is 6.04 Å². The van der Waals surface area contributed by atoms with Crippen LogP contribution in [0.5, 0.6) is 0 Å². The summed E-state index contributed by atoms with van der Waals surface area (Å²) in [7, 11) is 0. The Morgan fingerprint density at radius 1 is 1.15 bits per heavy atom. The van der Waals surface area contributed by atoms with Gasteiger partial charge in [0.15, 0.2) is 0 Å². The van der Waals surface area contributed by atoms with Gasteiger partial charge in [-0.15, -0.1) is 0 Å². The molecule has 6 nitrogen and oxygen atoms in total. The minimum atomic E-state index is -0.642. The smallest absolute Gasteiger partial charge is 0.325 e. The molecule has 1 aliphatic rings. The quantitative estimate of drug-likeness (QED) is 0.692. The first-order valence-corrected chi connectivity index (χ1v) is 9.44. The maximum Gasteiger partial charge on any atom is 0.325 e. The summed E-state index contributed by atoms with van der Waals surface area (Å²) in [6, 6.07) is 15.6. The maximum absolute atomic E-state index is 12.5. The molecule has 2 unspecified atom stereocenters. The van der Waals surface area contributed by atoms with Gasteiger partial charge in [-0.3, -0.25) is 14.5 Å². The zero-order chi connectivity index (χ0) is 19.4. The molecule has 7 heteroatoms. The number of hydrogen-bond acceptors (Lipinski definition) is 3. The Hall–Kier alpha value is -2.67. The molecule has 0 aromatic heterocycles. The average molecular weight is 430 g/mol. The van der Waals surface area contributed by atoms with Crippen LogP contribution in [0.2, 0.25) is 0 Å². The molecule has 4 amide bonds. The molecule has 2 aromatic carbocycles. The summed E-state index contributed by atoms with van der Waals surface area (Å²) in [6.45, 7) is 1.56. The van der Waals surface area contributed by atoms with Crippen molar-refractivity contribution in [3.05, 3.63) is 70.2 Å². The maximum atomic E-state index is 12.5. The average Bonchev–Trinajstić information content (AvgIpc) is 2.90. The second-order valence-electron chi connectivity index (χ2n) is 6.46. The lowest BCUT2D eigenvalue weighted by atomic mass is 10.1. The van der Waals surface area contributed by atoms with Crippen LogP contribution in [0.1, 0.15) is 24.1 Å². The Morgan fingerprint density at radius 3 is 2.48 bits per heavy atom. The molecule has 27 heavy (non-hydrogen) atoms. The molecule has 2 atom stereocenters. The molecule has 1 saturated heterocycles. The van der Waals surface area contributed by atoms with Gasteiger partial charge in [-0.05, 0) is 30.2 Å². The van der Waals surface area contributed by atoms with E-state index in [0.29, 0.717) is 6.42 Å². The summed E-state index contributed by atoms with van der Waals surface area (Å²) in [4.78, 5) is 37.9. The lowest BCUT2D eigenvalue weighted by Gasteiger charge is -2.17. The molecule has 1 fully saturated rings. The van der Waals surface area contributed by atoms with E-state index in [2.05, 4.69) is 26.6 Å². The van der Waals surface area contributed by atoms with Crippen molar-refractivity contribution < 1.29 is 14.4 Å². The fourth-order valence-electron chi connectivity index (χ4n) is 2.98. The second-order valence-corrected chi connectivity index (χ2v) is 7.37. The molecule has 0 spiro atoms. The molecule has 0 aliphatic carbocycles.